The van der Waals surface area contributed by atoms with Crippen LogP contribution in [0.15, 0.2) is 0 Å². The molecule has 1 aliphatic rings. The van der Waals surface area contributed by atoms with E-state index in [0.29, 0.717) is 5.41 Å². The summed E-state index contributed by atoms with van der Waals surface area (Å²) in [5.41, 5.74) is 3.69. The van der Waals surface area contributed by atoms with E-state index in [2.05, 4.69) is 36.6 Å². The van der Waals surface area contributed by atoms with Crippen LogP contribution in [0, 0.1) is 5.41 Å². The smallest absolute Gasteiger partial charge is 0.0617 e. The lowest BCUT2D eigenvalue weighted by Crippen LogP contribution is -2.38. The van der Waals surface area contributed by atoms with Gasteiger partial charge in [-0.1, -0.05) is 13.8 Å². The van der Waals surface area contributed by atoms with E-state index in [9.17, 15) is 0 Å². The minimum atomic E-state index is 0.380. The topological polar surface area (TPSA) is 27.3 Å². The summed E-state index contributed by atoms with van der Waals surface area (Å²) < 4.78 is 0. The molecule has 0 unspecified atom stereocenters. The minimum Gasteiger partial charge on any atom is -0.303 e. The third-order valence-corrected chi connectivity index (χ3v) is 1.78. The zero-order chi connectivity index (χ0) is 7.61. The summed E-state index contributed by atoms with van der Waals surface area (Å²) in [6.45, 7) is 7.59. The Kier molecular flexibility index (Phi) is 2.28. The molecule has 1 heterocycles. The fraction of sp³-hybridized carbons (Fsp3) is 1.00. The first kappa shape index (κ1) is 7.98. The van der Waals surface area contributed by atoms with Crippen LogP contribution < -0.4 is 10.7 Å². The predicted molar refractivity (Wildman–Crippen MR) is 42.4 cm³/mol. The van der Waals surface area contributed by atoms with Gasteiger partial charge in [0.1, 0.15) is 0 Å². The average Bonchev–Trinajstić information content (AvgIpc) is 1.94. The van der Waals surface area contributed by atoms with E-state index < -0.39 is 0 Å². The van der Waals surface area contributed by atoms with Crippen molar-refractivity contribution in [1.29, 1.82) is 0 Å². The van der Waals surface area contributed by atoms with E-state index in [1.165, 1.54) is 0 Å². The maximum Gasteiger partial charge on any atom is 0.0617 e. The number of nitrogens with zero attached hydrogens (tertiary/aromatic N) is 1. The van der Waals surface area contributed by atoms with Crippen LogP contribution in [0.1, 0.15) is 13.8 Å². The second kappa shape index (κ2) is 2.86. The highest BCUT2D eigenvalue weighted by molar-refractivity contribution is 4.75. The summed E-state index contributed by atoms with van der Waals surface area (Å²) in [6.07, 6.45) is 0. The number of hydrogen-bond acceptors (Lipinski definition) is 3. The molecule has 10 heavy (non-hydrogen) atoms. The highest BCUT2D eigenvalue weighted by atomic mass is 15.5. The Hall–Kier alpha value is -0.120. The van der Waals surface area contributed by atoms with Gasteiger partial charge in [0.25, 0.3) is 0 Å². The van der Waals surface area contributed by atoms with Gasteiger partial charge in [-0.2, -0.15) is 0 Å². The van der Waals surface area contributed by atoms with Crippen molar-refractivity contribution >= 4 is 0 Å². The summed E-state index contributed by atoms with van der Waals surface area (Å²) in [5, 5.41) is 5.43. The van der Waals surface area contributed by atoms with Crippen molar-refractivity contribution in [2.24, 2.45) is 5.41 Å². The molecular formula is C7H17N3. The summed E-state index contributed by atoms with van der Waals surface area (Å²) in [4.78, 5) is 0. The van der Waals surface area contributed by atoms with Gasteiger partial charge in [-0.05, 0) is 5.41 Å². The highest BCUT2D eigenvalue weighted by Gasteiger charge is 2.20. The van der Waals surface area contributed by atoms with Gasteiger partial charge in [0.05, 0.1) is 6.67 Å². The molecule has 2 N–H and O–H groups in total. The van der Waals surface area contributed by atoms with Gasteiger partial charge in [-0.3, -0.25) is 5.43 Å². The molecule has 0 amide bonds. The molecule has 0 aromatic heterocycles. The van der Waals surface area contributed by atoms with Gasteiger partial charge in [0.2, 0.25) is 0 Å². The van der Waals surface area contributed by atoms with Crippen LogP contribution in [-0.2, 0) is 0 Å². The summed E-state index contributed by atoms with van der Waals surface area (Å²) in [6, 6.07) is 0. The lowest BCUT2D eigenvalue weighted by atomic mass is 9.94. The molecule has 0 aromatic carbocycles. The Labute approximate surface area is 62.8 Å². The Bertz CT molecular complexity index is 111. The average molecular weight is 143 g/mol. The molecular weight excluding hydrogens is 126 g/mol. The normalized spacial score (nSPS) is 27.9. The van der Waals surface area contributed by atoms with Crippen molar-refractivity contribution < 1.29 is 0 Å². The van der Waals surface area contributed by atoms with Crippen molar-refractivity contribution in [3.8, 4) is 0 Å². The van der Waals surface area contributed by atoms with Crippen LogP contribution in [0.5, 0.6) is 0 Å². The van der Waals surface area contributed by atoms with E-state index in [0.717, 1.165) is 19.8 Å². The van der Waals surface area contributed by atoms with E-state index in [4.69, 9.17) is 0 Å². The zero-order valence-corrected chi connectivity index (χ0v) is 7.07. The number of nitrogens with one attached hydrogen (secondary N) is 2. The van der Waals surface area contributed by atoms with E-state index in [1.54, 1.807) is 0 Å². The van der Waals surface area contributed by atoms with Crippen LogP contribution in [0.2, 0.25) is 0 Å². The van der Waals surface area contributed by atoms with Gasteiger partial charge >= 0.3 is 0 Å². The number of hydrazine groups is 1. The molecule has 0 bridgehead atoms. The second-order valence-electron chi connectivity index (χ2n) is 3.78. The molecule has 0 spiro atoms. The van der Waals surface area contributed by atoms with E-state index in [1.807, 2.05) is 0 Å². The fourth-order valence-electron chi connectivity index (χ4n) is 1.03. The Morgan fingerprint density at radius 1 is 1.30 bits per heavy atom. The lowest BCUT2D eigenvalue weighted by molar-refractivity contribution is 0.224. The Balaban J connectivity index is 2.41. The Morgan fingerprint density at radius 2 is 2.00 bits per heavy atom. The van der Waals surface area contributed by atoms with Gasteiger partial charge in [-0.25, -0.2) is 5.01 Å². The standard InChI is InChI=1S/C7H17N3/c1-7(2)4-8-6-10(3)9-5-7/h8-9H,4-6H2,1-3H3. The molecule has 1 aliphatic heterocycles. The van der Waals surface area contributed by atoms with E-state index in [-0.39, 0.29) is 0 Å². The third-order valence-electron chi connectivity index (χ3n) is 1.78. The molecule has 0 radical (unpaired) electrons. The van der Waals surface area contributed by atoms with Gasteiger partial charge in [-0.15, -0.1) is 0 Å². The molecule has 1 saturated heterocycles. The molecule has 60 valence electrons. The molecule has 3 nitrogen and oxygen atoms in total. The van der Waals surface area contributed by atoms with Gasteiger partial charge in [0.15, 0.2) is 0 Å². The minimum absolute atomic E-state index is 0.380. The van der Waals surface area contributed by atoms with E-state index >= 15 is 0 Å². The van der Waals surface area contributed by atoms with Crippen molar-refractivity contribution in [2.75, 3.05) is 26.8 Å². The van der Waals surface area contributed by atoms with Crippen molar-refractivity contribution in [2.45, 2.75) is 13.8 Å². The first-order valence-corrected chi connectivity index (χ1v) is 3.75. The molecule has 0 saturated carbocycles. The molecule has 0 atom stereocenters. The predicted octanol–water partition coefficient (Wildman–Crippen LogP) is 0.00970. The van der Waals surface area contributed by atoms with Crippen LogP contribution in [0.25, 0.3) is 0 Å². The summed E-state index contributed by atoms with van der Waals surface area (Å²) in [5.74, 6) is 0. The first-order valence-electron chi connectivity index (χ1n) is 3.75. The summed E-state index contributed by atoms with van der Waals surface area (Å²) in [7, 11) is 2.05. The Morgan fingerprint density at radius 3 is 2.70 bits per heavy atom. The van der Waals surface area contributed by atoms with Gasteiger partial charge < -0.3 is 5.32 Å². The maximum atomic E-state index is 3.35. The van der Waals surface area contributed by atoms with Crippen molar-refractivity contribution in [3.63, 3.8) is 0 Å². The van der Waals surface area contributed by atoms with Crippen LogP contribution in [0.4, 0.5) is 0 Å². The zero-order valence-electron chi connectivity index (χ0n) is 7.07. The highest BCUT2D eigenvalue weighted by Crippen LogP contribution is 2.12. The summed E-state index contributed by atoms with van der Waals surface area (Å²) >= 11 is 0. The van der Waals surface area contributed by atoms with Crippen LogP contribution >= 0.6 is 0 Å². The molecule has 1 rings (SSSR count). The molecule has 0 aliphatic carbocycles. The largest absolute Gasteiger partial charge is 0.303 e. The maximum absolute atomic E-state index is 3.35. The first-order chi connectivity index (χ1) is 4.60. The monoisotopic (exact) mass is 143 g/mol. The van der Waals surface area contributed by atoms with Gasteiger partial charge in [0, 0.05) is 20.1 Å². The molecule has 1 fully saturated rings. The molecule has 0 aromatic rings. The second-order valence-corrected chi connectivity index (χ2v) is 3.78. The third kappa shape index (κ3) is 2.25. The fourth-order valence-corrected chi connectivity index (χ4v) is 1.03. The lowest BCUT2D eigenvalue weighted by Gasteiger charge is -2.21. The van der Waals surface area contributed by atoms with Crippen molar-refractivity contribution in [3.05, 3.63) is 0 Å². The number of rotatable bonds is 0. The van der Waals surface area contributed by atoms with Crippen molar-refractivity contribution in [1.82, 2.24) is 15.8 Å². The van der Waals surface area contributed by atoms with Crippen LogP contribution in [0.3, 0.4) is 0 Å². The van der Waals surface area contributed by atoms with Crippen LogP contribution in [-0.4, -0.2) is 31.8 Å². The number of hydrogen-bond donors (Lipinski definition) is 2. The SMILES string of the molecule is CN1CNCC(C)(C)CN1. The molecule has 3 heteroatoms. The quantitative estimate of drug-likeness (QED) is 0.500.